The second-order valence-electron chi connectivity index (χ2n) is 3.03. The molecule has 0 amide bonds. The molecule has 14 heavy (non-hydrogen) atoms. The Bertz CT molecular complexity index is 326. The summed E-state index contributed by atoms with van der Waals surface area (Å²) in [5.41, 5.74) is 6.18. The molecule has 1 rings (SSSR count). The largest absolute Gasteiger partial charge is 0.460 e. The van der Waals surface area contributed by atoms with Crippen LogP contribution in [-0.4, -0.2) is 12.0 Å². The fraction of sp³-hybridized carbons (Fsp3) is 0.300. The van der Waals surface area contributed by atoms with E-state index in [-0.39, 0.29) is 6.61 Å². The number of benzene rings is 1. The molecule has 0 spiro atoms. The highest BCUT2D eigenvalue weighted by molar-refractivity contribution is 6.30. The molecule has 1 aromatic carbocycles. The van der Waals surface area contributed by atoms with Crippen LogP contribution in [0.15, 0.2) is 24.3 Å². The maximum atomic E-state index is 11.0. The first-order chi connectivity index (χ1) is 6.59. The van der Waals surface area contributed by atoms with E-state index in [9.17, 15) is 4.79 Å². The van der Waals surface area contributed by atoms with Gasteiger partial charge in [0, 0.05) is 5.02 Å². The molecular formula is C10H12ClNO2. The SMILES string of the molecule is C[C@@H](N)C(=O)OCc1cccc(Cl)c1. The van der Waals surface area contributed by atoms with Gasteiger partial charge in [0.1, 0.15) is 12.6 Å². The van der Waals surface area contributed by atoms with E-state index < -0.39 is 12.0 Å². The smallest absolute Gasteiger partial charge is 0.322 e. The van der Waals surface area contributed by atoms with Gasteiger partial charge in [-0.25, -0.2) is 0 Å². The monoisotopic (exact) mass is 213 g/mol. The molecule has 0 heterocycles. The molecule has 0 saturated carbocycles. The molecule has 0 aliphatic carbocycles. The van der Waals surface area contributed by atoms with Crippen molar-refractivity contribution in [2.75, 3.05) is 0 Å². The molecule has 3 nitrogen and oxygen atoms in total. The standard InChI is InChI=1S/C10H12ClNO2/c1-7(12)10(13)14-6-8-3-2-4-9(11)5-8/h2-5,7H,6,12H2,1H3/t7-/m1/s1. The molecule has 0 saturated heterocycles. The van der Waals surface area contributed by atoms with Crippen molar-refractivity contribution in [3.05, 3.63) is 34.9 Å². The molecule has 4 heteroatoms. The maximum Gasteiger partial charge on any atom is 0.322 e. The molecule has 0 unspecified atom stereocenters. The minimum atomic E-state index is -0.589. The van der Waals surface area contributed by atoms with Gasteiger partial charge in [0.2, 0.25) is 0 Å². The van der Waals surface area contributed by atoms with Crippen molar-refractivity contribution >= 4 is 17.6 Å². The predicted molar refractivity (Wildman–Crippen MR) is 54.9 cm³/mol. The minimum absolute atomic E-state index is 0.209. The van der Waals surface area contributed by atoms with Crippen LogP contribution in [0.1, 0.15) is 12.5 Å². The second-order valence-corrected chi connectivity index (χ2v) is 3.46. The van der Waals surface area contributed by atoms with E-state index in [4.69, 9.17) is 22.1 Å². The Hall–Kier alpha value is -1.06. The molecule has 0 aromatic heterocycles. The first kappa shape index (κ1) is 11.0. The number of ether oxygens (including phenoxy) is 1. The summed E-state index contributed by atoms with van der Waals surface area (Å²) < 4.78 is 4.92. The van der Waals surface area contributed by atoms with Crippen molar-refractivity contribution in [1.29, 1.82) is 0 Å². The number of carbonyl (C=O) groups is 1. The van der Waals surface area contributed by atoms with Gasteiger partial charge >= 0.3 is 5.97 Å². The van der Waals surface area contributed by atoms with E-state index in [1.54, 1.807) is 25.1 Å². The number of esters is 1. The Morgan fingerprint density at radius 2 is 2.36 bits per heavy atom. The normalized spacial score (nSPS) is 12.2. The highest BCUT2D eigenvalue weighted by atomic mass is 35.5. The van der Waals surface area contributed by atoms with E-state index >= 15 is 0 Å². The third kappa shape index (κ3) is 3.36. The van der Waals surface area contributed by atoms with Gasteiger partial charge < -0.3 is 10.5 Å². The topological polar surface area (TPSA) is 52.3 Å². The first-order valence-corrected chi connectivity index (χ1v) is 4.64. The fourth-order valence-corrected chi connectivity index (χ4v) is 1.13. The quantitative estimate of drug-likeness (QED) is 0.778. The average molecular weight is 214 g/mol. The number of carbonyl (C=O) groups excluding carboxylic acids is 1. The molecular weight excluding hydrogens is 202 g/mol. The van der Waals surface area contributed by atoms with E-state index in [1.807, 2.05) is 6.07 Å². The lowest BCUT2D eigenvalue weighted by molar-refractivity contribution is -0.146. The molecule has 0 aliphatic rings. The van der Waals surface area contributed by atoms with Crippen LogP contribution < -0.4 is 5.73 Å². The van der Waals surface area contributed by atoms with Gasteiger partial charge in [0.15, 0.2) is 0 Å². The van der Waals surface area contributed by atoms with Gasteiger partial charge in [0.05, 0.1) is 0 Å². The van der Waals surface area contributed by atoms with Crippen LogP contribution in [0.2, 0.25) is 5.02 Å². The molecule has 2 N–H and O–H groups in total. The van der Waals surface area contributed by atoms with Crippen molar-refractivity contribution in [2.24, 2.45) is 5.73 Å². The van der Waals surface area contributed by atoms with Crippen LogP contribution >= 0.6 is 11.6 Å². The molecule has 1 aromatic rings. The van der Waals surface area contributed by atoms with Gasteiger partial charge in [0.25, 0.3) is 0 Å². The average Bonchev–Trinajstić information content (AvgIpc) is 2.14. The van der Waals surface area contributed by atoms with Crippen molar-refractivity contribution in [2.45, 2.75) is 19.6 Å². The number of rotatable bonds is 3. The molecule has 1 atom stereocenters. The third-order valence-electron chi connectivity index (χ3n) is 1.64. The molecule has 0 bridgehead atoms. The van der Waals surface area contributed by atoms with Crippen molar-refractivity contribution in [3.63, 3.8) is 0 Å². The lowest BCUT2D eigenvalue weighted by Crippen LogP contribution is -2.28. The van der Waals surface area contributed by atoms with Gasteiger partial charge in [-0.05, 0) is 24.6 Å². The van der Waals surface area contributed by atoms with Gasteiger partial charge in [-0.2, -0.15) is 0 Å². The highest BCUT2D eigenvalue weighted by Gasteiger charge is 2.08. The second kappa shape index (κ2) is 4.98. The van der Waals surface area contributed by atoms with Crippen LogP contribution in [0.3, 0.4) is 0 Å². The predicted octanol–water partition coefficient (Wildman–Crippen LogP) is 1.73. The lowest BCUT2D eigenvalue weighted by Gasteiger charge is -2.06. The molecule has 0 fully saturated rings. The summed E-state index contributed by atoms with van der Waals surface area (Å²) in [6, 6.07) is 6.56. The number of hydrogen-bond acceptors (Lipinski definition) is 3. The van der Waals surface area contributed by atoms with Crippen LogP contribution in [0, 0.1) is 0 Å². The highest BCUT2D eigenvalue weighted by Crippen LogP contribution is 2.11. The van der Waals surface area contributed by atoms with Crippen molar-refractivity contribution in [3.8, 4) is 0 Å². The zero-order valence-corrected chi connectivity index (χ0v) is 8.62. The fourth-order valence-electron chi connectivity index (χ4n) is 0.913. The Balaban J connectivity index is 2.50. The first-order valence-electron chi connectivity index (χ1n) is 4.26. The Labute approximate surface area is 87.8 Å². The zero-order valence-electron chi connectivity index (χ0n) is 7.87. The Morgan fingerprint density at radius 3 is 2.93 bits per heavy atom. The van der Waals surface area contributed by atoms with Crippen LogP contribution in [0.5, 0.6) is 0 Å². The molecule has 0 aliphatic heterocycles. The number of nitrogens with two attached hydrogens (primary N) is 1. The summed E-state index contributed by atoms with van der Waals surface area (Å²) in [5, 5.41) is 0.624. The van der Waals surface area contributed by atoms with Crippen molar-refractivity contribution in [1.82, 2.24) is 0 Å². The maximum absolute atomic E-state index is 11.0. The Kier molecular flexibility index (Phi) is 3.92. The third-order valence-corrected chi connectivity index (χ3v) is 1.88. The van der Waals surface area contributed by atoms with E-state index in [0.29, 0.717) is 5.02 Å². The van der Waals surface area contributed by atoms with Crippen LogP contribution in [-0.2, 0) is 16.1 Å². The summed E-state index contributed by atoms with van der Waals surface area (Å²) in [6.45, 7) is 1.79. The van der Waals surface area contributed by atoms with Gasteiger partial charge in [-0.3, -0.25) is 4.79 Å². The minimum Gasteiger partial charge on any atom is -0.460 e. The number of hydrogen-bond donors (Lipinski definition) is 1. The van der Waals surface area contributed by atoms with E-state index in [1.165, 1.54) is 0 Å². The summed E-state index contributed by atoms with van der Waals surface area (Å²) in [5.74, 6) is -0.412. The van der Waals surface area contributed by atoms with Crippen LogP contribution in [0.25, 0.3) is 0 Å². The molecule has 0 radical (unpaired) electrons. The zero-order chi connectivity index (χ0) is 10.6. The van der Waals surface area contributed by atoms with E-state index in [2.05, 4.69) is 0 Å². The van der Waals surface area contributed by atoms with Crippen LogP contribution in [0.4, 0.5) is 0 Å². The van der Waals surface area contributed by atoms with Gasteiger partial charge in [-0.15, -0.1) is 0 Å². The lowest BCUT2D eigenvalue weighted by atomic mass is 10.2. The Morgan fingerprint density at radius 1 is 1.64 bits per heavy atom. The number of halogens is 1. The van der Waals surface area contributed by atoms with E-state index in [0.717, 1.165) is 5.56 Å². The summed E-state index contributed by atoms with van der Waals surface area (Å²) in [7, 11) is 0. The van der Waals surface area contributed by atoms with Crippen molar-refractivity contribution < 1.29 is 9.53 Å². The summed E-state index contributed by atoms with van der Waals surface area (Å²) in [4.78, 5) is 11.0. The summed E-state index contributed by atoms with van der Waals surface area (Å²) in [6.07, 6.45) is 0. The summed E-state index contributed by atoms with van der Waals surface area (Å²) >= 11 is 5.76. The molecule has 76 valence electrons. The van der Waals surface area contributed by atoms with Gasteiger partial charge in [-0.1, -0.05) is 23.7 Å².